The van der Waals surface area contributed by atoms with Gasteiger partial charge in [-0.05, 0) is 12.1 Å². The maximum atomic E-state index is 12.8. The SMILES string of the molecule is Oc1ccc(/C=N/NC(F)(F)C(F)(F)C(F)(F)F)c(O)c1. The first-order valence-electron chi connectivity index (χ1n) is 5.03. The maximum Gasteiger partial charge on any atom is 0.462 e. The van der Waals surface area contributed by atoms with Crippen molar-refractivity contribution in [3.63, 3.8) is 0 Å². The minimum absolute atomic E-state index is 0.300. The van der Waals surface area contributed by atoms with Gasteiger partial charge in [-0.15, -0.1) is 0 Å². The minimum atomic E-state index is -6.47. The fraction of sp³-hybridized carbons (Fsp3) is 0.300. The summed E-state index contributed by atoms with van der Waals surface area (Å²) in [5.74, 6) is -7.37. The topological polar surface area (TPSA) is 64.9 Å². The van der Waals surface area contributed by atoms with Gasteiger partial charge >= 0.3 is 18.1 Å². The van der Waals surface area contributed by atoms with E-state index >= 15 is 0 Å². The molecule has 0 heterocycles. The minimum Gasteiger partial charge on any atom is -0.508 e. The summed E-state index contributed by atoms with van der Waals surface area (Å²) in [6, 6.07) is -2.93. The summed E-state index contributed by atoms with van der Waals surface area (Å²) < 4.78 is 85.9. The largest absolute Gasteiger partial charge is 0.508 e. The van der Waals surface area contributed by atoms with Gasteiger partial charge in [-0.3, -0.25) is 0 Å². The van der Waals surface area contributed by atoms with Crippen molar-refractivity contribution in [2.24, 2.45) is 5.10 Å². The van der Waals surface area contributed by atoms with E-state index in [0.29, 0.717) is 11.6 Å². The maximum absolute atomic E-state index is 12.8. The fourth-order valence-corrected chi connectivity index (χ4v) is 1.07. The molecule has 3 N–H and O–H groups in total. The lowest BCUT2D eigenvalue weighted by molar-refractivity contribution is -0.361. The molecule has 0 radical (unpaired) electrons. The van der Waals surface area contributed by atoms with Crippen molar-refractivity contribution in [2.45, 2.75) is 18.1 Å². The standard InChI is InChI=1S/C10H7F7N2O2/c11-8(12,9(13,14)15)10(16,17)19-18-4-5-1-2-6(20)3-7(5)21/h1-4,19-21H/b18-4+. The van der Waals surface area contributed by atoms with Crippen LogP contribution in [-0.2, 0) is 0 Å². The van der Waals surface area contributed by atoms with E-state index in [1.807, 2.05) is 0 Å². The van der Waals surface area contributed by atoms with Gasteiger partial charge in [-0.2, -0.15) is 35.8 Å². The van der Waals surface area contributed by atoms with Gasteiger partial charge in [0, 0.05) is 11.6 Å². The molecule has 0 spiro atoms. The molecule has 4 nitrogen and oxygen atoms in total. The van der Waals surface area contributed by atoms with Crippen LogP contribution in [0, 0.1) is 0 Å². The number of hydrazone groups is 1. The lowest BCUT2D eigenvalue weighted by Crippen LogP contribution is -2.58. The van der Waals surface area contributed by atoms with Crippen LogP contribution in [0.15, 0.2) is 23.3 Å². The molecule has 1 rings (SSSR count). The number of hydrogen-bond acceptors (Lipinski definition) is 4. The van der Waals surface area contributed by atoms with Gasteiger partial charge in [0.25, 0.3) is 0 Å². The Bertz CT molecular complexity index is 543. The fourth-order valence-electron chi connectivity index (χ4n) is 1.07. The number of nitrogens with zero attached hydrogens (tertiary/aromatic N) is 1. The zero-order valence-electron chi connectivity index (χ0n) is 9.80. The first-order valence-corrected chi connectivity index (χ1v) is 5.03. The zero-order chi connectivity index (χ0) is 16.5. The average Bonchev–Trinajstić information content (AvgIpc) is 2.30. The quantitative estimate of drug-likeness (QED) is 0.346. The molecule has 0 saturated heterocycles. The highest BCUT2D eigenvalue weighted by atomic mass is 19.4. The normalized spacial score (nSPS) is 13.7. The molecular weight excluding hydrogens is 313 g/mol. The number of phenolic OH excluding ortho intramolecular Hbond substituents is 2. The molecule has 0 amide bonds. The highest BCUT2D eigenvalue weighted by Crippen LogP contribution is 2.44. The van der Waals surface area contributed by atoms with E-state index in [2.05, 4.69) is 5.10 Å². The molecule has 0 aliphatic heterocycles. The summed E-state index contributed by atoms with van der Waals surface area (Å²) in [4.78, 5) is 0. The van der Waals surface area contributed by atoms with E-state index < -0.39 is 23.9 Å². The summed E-state index contributed by atoms with van der Waals surface area (Å²) in [5, 5.41) is 20.7. The Morgan fingerprint density at radius 3 is 2.05 bits per heavy atom. The zero-order valence-corrected chi connectivity index (χ0v) is 9.80. The van der Waals surface area contributed by atoms with Crippen molar-refractivity contribution < 1.29 is 40.9 Å². The van der Waals surface area contributed by atoms with Crippen LogP contribution in [0.1, 0.15) is 5.56 Å². The predicted molar refractivity (Wildman–Crippen MR) is 56.5 cm³/mol. The van der Waals surface area contributed by atoms with Gasteiger partial charge in [-0.1, -0.05) is 0 Å². The molecule has 0 aliphatic rings. The molecule has 1 aromatic rings. The van der Waals surface area contributed by atoms with E-state index in [9.17, 15) is 35.8 Å². The average molecular weight is 320 g/mol. The van der Waals surface area contributed by atoms with Crippen molar-refractivity contribution in [2.75, 3.05) is 0 Å². The molecule has 1 aromatic carbocycles. The first kappa shape index (κ1) is 16.9. The van der Waals surface area contributed by atoms with Crippen LogP contribution < -0.4 is 5.43 Å². The molecular formula is C10H7F7N2O2. The smallest absolute Gasteiger partial charge is 0.462 e. The molecule has 0 unspecified atom stereocenters. The van der Waals surface area contributed by atoms with Gasteiger partial charge in [-0.25, -0.2) is 5.43 Å². The molecule has 11 heteroatoms. The molecule has 0 fully saturated rings. The van der Waals surface area contributed by atoms with Crippen molar-refractivity contribution in [1.82, 2.24) is 5.43 Å². The molecule has 0 bridgehead atoms. The number of hydrogen-bond donors (Lipinski definition) is 3. The van der Waals surface area contributed by atoms with Crippen molar-refractivity contribution in [3.8, 4) is 11.5 Å². The van der Waals surface area contributed by atoms with Crippen LogP contribution in [0.4, 0.5) is 30.7 Å². The number of rotatable bonds is 4. The lowest BCUT2D eigenvalue weighted by atomic mass is 10.2. The Morgan fingerprint density at radius 1 is 1.00 bits per heavy atom. The molecule has 0 saturated carbocycles. The first-order chi connectivity index (χ1) is 9.38. The lowest BCUT2D eigenvalue weighted by Gasteiger charge is -2.27. The van der Waals surface area contributed by atoms with Crippen molar-refractivity contribution >= 4 is 6.21 Å². The number of alkyl halides is 7. The van der Waals surface area contributed by atoms with Gasteiger partial charge in [0.15, 0.2) is 0 Å². The Morgan fingerprint density at radius 2 is 1.57 bits per heavy atom. The number of aromatic hydroxyl groups is 2. The van der Waals surface area contributed by atoms with Crippen LogP contribution in [-0.4, -0.2) is 34.6 Å². The van der Waals surface area contributed by atoms with Crippen molar-refractivity contribution in [3.05, 3.63) is 23.8 Å². The van der Waals surface area contributed by atoms with Gasteiger partial charge in [0.2, 0.25) is 0 Å². The second-order valence-corrected chi connectivity index (χ2v) is 3.76. The molecule has 0 aliphatic carbocycles. The second kappa shape index (κ2) is 5.30. The molecule has 118 valence electrons. The van der Waals surface area contributed by atoms with Crippen molar-refractivity contribution in [1.29, 1.82) is 0 Å². The molecule has 21 heavy (non-hydrogen) atoms. The van der Waals surface area contributed by atoms with Crippen LogP contribution in [0.2, 0.25) is 0 Å². The molecule has 0 aromatic heterocycles. The van der Waals surface area contributed by atoms with Crippen LogP contribution in [0.25, 0.3) is 0 Å². The Kier molecular flexibility index (Phi) is 4.25. The van der Waals surface area contributed by atoms with Crippen LogP contribution in [0.5, 0.6) is 11.5 Å². The number of benzene rings is 1. The van der Waals surface area contributed by atoms with Crippen LogP contribution in [0.3, 0.4) is 0 Å². The van der Waals surface area contributed by atoms with Gasteiger partial charge in [0.05, 0.1) is 6.21 Å². The van der Waals surface area contributed by atoms with E-state index in [-0.39, 0.29) is 11.3 Å². The third-order valence-electron chi connectivity index (χ3n) is 2.17. The second-order valence-electron chi connectivity index (χ2n) is 3.76. The van der Waals surface area contributed by atoms with Gasteiger partial charge < -0.3 is 10.2 Å². The van der Waals surface area contributed by atoms with E-state index in [4.69, 9.17) is 5.11 Å². The predicted octanol–water partition coefficient (Wildman–Crippen LogP) is 2.81. The highest BCUT2D eigenvalue weighted by Gasteiger charge is 2.73. The number of nitrogens with one attached hydrogen (secondary N) is 1. The van der Waals surface area contributed by atoms with E-state index in [0.717, 1.165) is 18.2 Å². The monoisotopic (exact) mass is 320 g/mol. The Balaban J connectivity index is 2.89. The number of halogens is 7. The Labute approximate surface area is 112 Å². The third kappa shape index (κ3) is 3.47. The van der Waals surface area contributed by atoms with Crippen LogP contribution >= 0.6 is 0 Å². The summed E-state index contributed by atoms with van der Waals surface area (Å²) in [6.45, 7) is 0. The summed E-state index contributed by atoms with van der Waals surface area (Å²) >= 11 is 0. The van der Waals surface area contributed by atoms with Gasteiger partial charge in [0.1, 0.15) is 11.5 Å². The van der Waals surface area contributed by atoms with E-state index in [1.165, 1.54) is 0 Å². The summed E-state index contributed by atoms with van der Waals surface area (Å²) in [5.41, 5.74) is 0.0890. The van der Waals surface area contributed by atoms with E-state index in [1.54, 1.807) is 0 Å². The molecule has 0 atom stereocenters. The Hall–Kier alpha value is -2.20. The number of phenols is 2. The summed E-state index contributed by atoms with van der Waals surface area (Å²) in [6.07, 6.45) is -6.09. The summed E-state index contributed by atoms with van der Waals surface area (Å²) in [7, 11) is 0. The third-order valence-corrected chi connectivity index (χ3v) is 2.17. The highest BCUT2D eigenvalue weighted by molar-refractivity contribution is 5.83.